The molecule has 148 valence electrons. The van der Waals surface area contributed by atoms with Crippen molar-refractivity contribution in [1.82, 2.24) is 0 Å². The number of thiophene rings is 1. The van der Waals surface area contributed by atoms with E-state index in [0.717, 1.165) is 16.7 Å². The molecular weight excluding hydrogens is 396 g/mol. The van der Waals surface area contributed by atoms with E-state index < -0.39 is 17.4 Å². The van der Waals surface area contributed by atoms with Crippen molar-refractivity contribution in [3.05, 3.63) is 64.0 Å². The Hall–Kier alpha value is -3.02. The number of nitrogens with two attached hydrogens (primary N) is 1. The van der Waals surface area contributed by atoms with Crippen molar-refractivity contribution in [2.24, 2.45) is 5.73 Å². The molecule has 0 atom stereocenters. The van der Waals surface area contributed by atoms with Gasteiger partial charge in [-0.2, -0.15) is 14.0 Å². The highest BCUT2D eigenvalue weighted by Crippen LogP contribution is 2.47. The normalized spacial score (nSPS) is 14.7. The maximum atomic E-state index is 15.7. The number of halogens is 2. The van der Waals surface area contributed by atoms with Crippen LogP contribution in [-0.4, -0.2) is 32.2 Å². The molecule has 3 aromatic rings. The van der Waals surface area contributed by atoms with E-state index in [4.69, 9.17) is 10.5 Å². The highest BCUT2D eigenvalue weighted by molar-refractivity contribution is 7.18. The lowest BCUT2D eigenvalue weighted by Gasteiger charge is -2.28. The van der Waals surface area contributed by atoms with E-state index in [-0.39, 0.29) is 16.0 Å². The number of nitriles is 1. The molecule has 1 saturated heterocycles. The molecule has 8 heteroatoms. The smallest absolute Gasteiger partial charge is 0.301 e. The number of nitrogens with zero attached hydrogens (tertiary/aromatic N) is 2. The largest absolute Gasteiger partial charge is 0.378 e. The Bertz CT molecular complexity index is 1130. The number of morpholine rings is 1. The van der Waals surface area contributed by atoms with Crippen molar-refractivity contribution >= 4 is 33.0 Å². The standard InChI is InChI=1S/C21H17F2N3O2S/c22-21(23,15-6-5-13-3-1-2-4-14(13)11-15)17-16(12-24)20(29-18(17)19(25)27)26-7-9-28-10-8-26/h1-6,11H,7-10H2,(H2,25,27). The Labute approximate surface area is 169 Å². The number of primary amides is 1. The van der Waals surface area contributed by atoms with E-state index in [1.807, 2.05) is 18.2 Å². The number of alkyl halides is 2. The van der Waals surface area contributed by atoms with Gasteiger partial charge in [0.15, 0.2) is 0 Å². The summed E-state index contributed by atoms with van der Waals surface area (Å²) in [5.41, 5.74) is 4.32. The molecule has 1 aliphatic rings. The lowest BCUT2D eigenvalue weighted by Crippen LogP contribution is -2.36. The summed E-state index contributed by atoms with van der Waals surface area (Å²) in [4.78, 5) is 13.5. The average molecular weight is 413 g/mol. The van der Waals surface area contributed by atoms with Crippen molar-refractivity contribution in [3.63, 3.8) is 0 Å². The number of hydrogen-bond donors (Lipinski definition) is 1. The van der Waals surface area contributed by atoms with Crippen LogP contribution < -0.4 is 10.6 Å². The van der Waals surface area contributed by atoms with Gasteiger partial charge in [0.2, 0.25) is 0 Å². The fourth-order valence-corrected chi connectivity index (χ4v) is 4.70. The van der Waals surface area contributed by atoms with E-state index in [2.05, 4.69) is 0 Å². The molecule has 1 amide bonds. The number of amides is 1. The molecule has 1 fully saturated rings. The number of carbonyl (C=O) groups excluding carboxylic acids is 1. The molecule has 1 aromatic heterocycles. The third kappa shape index (κ3) is 3.33. The molecule has 0 radical (unpaired) electrons. The first kappa shape index (κ1) is 19.3. The third-order valence-corrected chi connectivity index (χ3v) is 6.21. The molecule has 4 rings (SSSR count). The Morgan fingerprint density at radius 3 is 2.52 bits per heavy atom. The topological polar surface area (TPSA) is 79.3 Å². The van der Waals surface area contributed by atoms with Crippen LogP contribution in [0.25, 0.3) is 10.8 Å². The fraction of sp³-hybridized carbons (Fsp3) is 0.238. The maximum absolute atomic E-state index is 15.7. The van der Waals surface area contributed by atoms with Crippen LogP contribution in [0.5, 0.6) is 0 Å². The first-order valence-corrected chi connectivity index (χ1v) is 9.82. The second kappa shape index (κ2) is 7.43. The van der Waals surface area contributed by atoms with E-state index in [9.17, 15) is 10.1 Å². The summed E-state index contributed by atoms with van der Waals surface area (Å²) < 4.78 is 36.6. The van der Waals surface area contributed by atoms with Crippen LogP contribution in [0.2, 0.25) is 0 Å². The minimum atomic E-state index is -3.56. The van der Waals surface area contributed by atoms with Crippen LogP contribution in [0, 0.1) is 11.3 Å². The van der Waals surface area contributed by atoms with Crippen LogP contribution in [0.3, 0.4) is 0 Å². The Morgan fingerprint density at radius 2 is 1.86 bits per heavy atom. The number of benzene rings is 2. The third-order valence-electron chi connectivity index (χ3n) is 4.95. The molecular formula is C21H17F2N3O2S. The van der Waals surface area contributed by atoms with Crippen molar-refractivity contribution in [2.45, 2.75) is 5.92 Å². The lowest BCUT2D eigenvalue weighted by molar-refractivity contribution is 0.0419. The summed E-state index contributed by atoms with van der Waals surface area (Å²) in [5, 5.41) is 11.5. The van der Waals surface area contributed by atoms with Crippen LogP contribution >= 0.6 is 11.3 Å². The highest BCUT2D eigenvalue weighted by Gasteiger charge is 2.43. The molecule has 0 spiro atoms. The minimum Gasteiger partial charge on any atom is -0.378 e. The summed E-state index contributed by atoms with van der Waals surface area (Å²) in [6.45, 7) is 1.75. The van der Waals surface area contributed by atoms with Crippen molar-refractivity contribution in [2.75, 3.05) is 31.2 Å². The first-order valence-electron chi connectivity index (χ1n) is 9.00. The number of hydrogen-bond acceptors (Lipinski definition) is 5. The zero-order valence-electron chi connectivity index (χ0n) is 15.3. The van der Waals surface area contributed by atoms with Gasteiger partial charge in [0.1, 0.15) is 15.9 Å². The molecule has 2 heterocycles. The quantitative estimate of drug-likeness (QED) is 0.705. The van der Waals surface area contributed by atoms with E-state index in [0.29, 0.717) is 36.7 Å². The van der Waals surface area contributed by atoms with Crippen molar-refractivity contribution in [3.8, 4) is 6.07 Å². The SMILES string of the molecule is N#Cc1c(N2CCOCC2)sc(C(N)=O)c1C(F)(F)c1ccc2ccccc2c1. The van der Waals surface area contributed by atoms with Gasteiger partial charge in [-0.05, 0) is 16.8 Å². The molecule has 0 bridgehead atoms. The summed E-state index contributed by atoms with van der Waals surface area (Å²) in [5.74, 6) is -4.53. The Morgan fingerprint density at radius 1 is 1.17 bits per heavy atom. The molecule has 0 aliphatic carbocycles. The molecule has 29 heavy (non-hydrogen) atoms. The van der Waals surface area contributed by atoms with Gasteiger partial charge < -0.3 is 15.4 Å². The van der Waals surface area contributed by atoms with Gasteiger partial charge in [0.05, 0.1) is 24.3 Å². The predicted molar refractivity (Wildman–Crippen MR) is 108 cm³/mol. The van der Waals surface area contributed by atoms with Crippen LogP contribution in [-0.2, 0) is 10.7 Å². The second-order valence-corrected chi connectivity index (χ2v) is 7.70. The number of rotatable bonds is 4. The van der Waals surface area contributed by atoms with Gasteiger partial charge in [-0.1, -0.05) is 36.4 Å². The second-order valence-electron chi connectivity index (χ2n) is 6.70. The van der Waals surface area contributed by atoms with Gasteiger partial charge in [-0.25, -0.2) is 0 Å². The minimum absolute atomic E-state index is 0.205. The monoisotopic (exact) mass is 413 g/mol. The number of ether oxygens (including phenoxy) is 1. The van der Waals surface area contributed by atoms with Gasteiger partial charge in [-0.3, -0.25) is 4.79 Å². The lowest BCUT2D eigenvalue weighted by atomic mass is 9.94. The fourth-order valence-electron chi connectivity index (χ4n) is 3.51. The van der Waals surface area contributed by atoms with Crippen LogP contribution in [0.1, 0.15) is 26.4 Å². The van der Waals surface area contributed by atoms with Crippen molar-refractivity contribution in [1.29, 1.82) is 5.26 Å². The highest BCUT2D eigenvalue weighted by atomic mass is 32.1. The van der Waals surface area contributed by atoms with Gasteiger partial charge in [-0.15, -0.1) is 11.3 Å². The summed E-state index contributed by atoms with van der Waals surface area (Å²) >= 11 is 0.844. The zero-order chi connectivity index (χ0) is 20.6. The Balaban J connectivity index is 1.90. The molecule has 0 saturated carbocycles. The van der Waals surface area contributed by atoms with Gasteiger partial charge in [0.25, 0.3) is 5.91 Å². The van der Waals surface area contributed by atoms with Crippen LogP contribution in [0.4, 0.5) is 13.8 Å². The van der Waals surface area contributed by atoms with Crippen LogP contribution in [0.15, 0.2) is 42.5 Å². The predicted octanol–water partition coefficient (Wildman–Crippen LogP) is 3.85. The molecule has 0 unspecified atom stereocenters. The van der Waals surface area contributed by atoms with E-state index in [1.165, 1.54) is 12.1 Å². The summed E-state index contributed by atoms with van der Waals surface area (Å²) in [6, 6.07) is 13.3. The van der Waals surface area contributed by atoms with Crippen molar-refractivity contribution < 1.29 is 18.3 Å². The maximum Gasteiger partial charge on any atom is 0.301 e. The zero-order valence-corrected chi connectivity index (χ0v) is 16.1. The number of fused-ring (bicyclic) bond motifs is 1. The van der Waals surface area contributed by atoms with Gasteiger partial charge in [0, 0.05) is 18.7 Å². The molecule has 1 aliphatic heterocycles. The summed E-state index contributed by atoms with van der Waals surface area (Å²) in [6.07, 6.45) is 0. The average Bonchev–Trinajstić information content (AvgIpc) is 3.15. The number of carbonyl (C=O) groups is 1. The first-order chi connectivity index (χ1) is 13.9. The molecule has 2 N–H and O–H groups in total. The Kier molecular flexibility index (Phi) is 4.94. The number of anilines is 1. The van der Waals surface area contributed by atoms with E-state index >= 15 is 8.78 Å². The van der Waals surface area contributed by atoms with Gasteiger partial charge >= 0.3 is 5.92 Å². The summed E-state index contributed by atoms with van der Waals surface area (Å²) in [7, 11) is 0. The van der Waals surface area contributed by atoms with E-state index in [1.54, 1.807) is 23.1 Å². The molecule has 2 aromatic carbocycles. The molecule has 5 nitrogen and oxygen atoms in total.